The third-order valence-electron chi connectivity index (χ3n) is 1.43. The molecule has 0 aromatic heterocycles. The van der Waals surface area contributed by atoms with Gasteiger partial charge in [-0.1, -0.05) is 0 Å². The number of halogens is 4. The van der Waals surface area contributed by atoms with Gasteiger partial charge in [0.15, 0.2) is 0 Å². The predicted octanol–water partition coefficient (Wildman–Crippen LogP) is 3.92. The van der Waals surface area contributed by atoms with Crippen LogP contribution in [0.5, 0.6) is 5.75 Å². The third kappa shape index (κ3) is 6.14. The number of hydrogen-bond donors (Lipinski definition) is 0. The molecule has 0 aliphatic rings. The monoisotopic (exact) mass is 348 g/mol. The number of thioether (sulfide) groups is 1. The van der Waals surface area contributed by atoms with Crippen LogP contribution in [0.15, 0.2) is 24.3 Å². The minimum atomic E-state index is -4.17. The molecule has 15 heavy (non-hydrogen) atoms. The van der Waals surface area contributed by atoms with E-state index in [1.807, 2.05) is 12.1 Å². The first kappa shape index (κ1) is 13.0. The van der Waals surface area contributed by atoms with Gasteiger partial charge >= 0.3 is 5.51 Å². The lowest BCUT2D eigenvalue weighted by Gasteiger charge is -2.07. The van der Waals surface area contributed by atoms with Gasteiger partial charge in [0, 0.05) is 9.32 Å². The lowest BCUT2D eigenvalue weighted by molar-refractivity contribution is -0.0329. The number of rotatable bonds is 4. The maximum atomic E-state index is 11.7. The zero-order valence-corrected chi connectivity index (χ0v) is 10.5. The van der Waals surface area contributed by atoms with Crippen molar-refractivity contribution in [1.82, 2.24) is 0 Å². The Kier molecular flexibility index (Phi) is 5.04. The van der Waals surface area contributed by atoms with Crippen LogP contribution in [0.3, 0.4) is 0 Å². The van der Waals surface area contributed by atoms with E-state index in [2.05, 4.69) is 22.6 Å². The first-order valence-electron chi connectivity index (χ1n) is 4.06. The summed E-state index contributed by atoms with van der Waals surface area (Å²) in [6.07, 6.45) is 0. The molecule has 0 N–H and O–H groups in total. The Balaban J connectivity index is 2.23. The van der Waals surface area contributed by atoms with Gasteiger partial charge in [0.05, 0.1) is 6.61 Å². The number of ether oxygens (including phenoxy) is 1. The molecule has 0 saturated heterocycles. The molecule has 1 nitrogen and oxygen atoms in total. The summed E-state index contributed by atoms with van der Waals surface area (Å²) in [5.41, 5.74) is -4.17. The van der Waals surface area contributed by atoms with Crippen LogP contribution in [0.4, 0.5) is 13.2 Å². The molecule has 0 atom stereocenters. The SMILES string of the molecule is FC(F)(F)SCCOc1ccc(I)cc1. The molecule has 0 saturated carbocycles. The van der Waals surface area contributed by atoms with Crippen LogP contribution >= 0.6 is 34.4 Å². The second-order valence-electron chi connectivity index (χ2n) is 2.60. The van der Waals surface area contributed by atoms with E-state index < -0.39 is 5.51 Å². The molecule has 0 amide bonds. The highest BCUT2D eigenvalue weighted by molar-refractivity contribution is 14.1. The van der Waals surface area contributed by atoms with Crippen molar-refractivity contribution < 1.29 is 17.9 Å². The summed E-state index contributed by atoms with van der Waals surface area (Å²) in [5, 5.41) is 0. The number of hydrogen-bond acceptors (Lipinski definition) is 2. The van der Waals surface area contributed by atoms with Crippen LogP contribution in [0.25, 0.3) is 0 Å². The third-order valence-corrected chi connectivity index (χ3v) is 2.85. The summed E-state index contributed by atoms with van der Waals surface area (Å²) in [6.45, 7) is 0.0603. The van der Waals surface area contributed by atoms with E-state index in [1.54, 1.807) is 12.1 Å². The van der Waals surface area contributed by atoms with E-state index in [1.165, 1.54) is 0 Å². The smallest absolute Gasteiger partial charge is 0.441 e. The van der Waals surface area contributed by atoms with E-state index in [0.717, 1.165) is 3.57 Å². The fourth-order valence-electron chi connectivity index (χ4n) is 0.848. The van der Waals surface area contributed by atoms with Crippen LogP contribution in [-0.2, 0) is 0 Å². The van der Waals surface area contributed by atoms with Crippen molar-refractivity contribution in [3.8, 4) is 5.75 Å². The molecule has 0 bridgehead atoms. The first-order chi connectivity index (χ1) is 6.97. The minimum absolute atomic E-state index is 0.0603. The predicted molar refractivity (Wildman–Crippen MR) is 63.2 cm³/mol. The van der Waals surface area contributed by atoms with Crippen LogP contribution < -0.4 is 4.74 Å². The average molecular weight is 348 g/mol. The fraction of sp³-hybridized carbons (Fsp3) is 0.333. The molecular weight excluding hydrogens is 340 g/mol. The van der Waals surface area contributed by atoms with Crippen LogP contribution in [0, 0.1) is 3.57 Å². The van der Waals surface area contributed by atoms with E-state index in [0.29, 0.717) is 5.75 Å². The molecule has 0 spiro atoms. The molecule has 0 fully saturated rings. The Morgan fingerprint density at radius 1 is 1.20 bits per heavy atom. The second kappa shape index (κ2) is 5.83. The van der Waals surface area contributed by atoms with Gasteiger partial charge < -0.3 is 4.74 Å². The van der Waals surface area contributed by atoms with Gasteiger partial charge in [-0.15, -0.1) is 0 Å². The molecule has 0 heterocycles. The summed E-state index contributed by atoms with van der Waals surface area (Å²) in [6, 6.07) is 7.15. The Hall–Kier alpha value is -0.110. The van der Waals surface area contributed by atoms with Gasteiger partial charge in [-0.3, -0.25) is 0 Å². The Bertz CT molecular complexity index is 299. The number of benzene rings is 1. The van der Waals surface area contributed by atoms with E-state index in [9.17, 15) is 13.2 Å². The highest BCUT2D eigenvalue weighted by Crippen LogP contribution is 2.29. The summed E-state index contributed by atoms with van der Waals surface area (Å²) >= 11 is 2.07. The molecule has 0 aliphatic carbocycles. The molecular formula is C9H8F3IOS. The Morgan fingerprint density at radius 3 is 2.33 bits per heavy atom. The largest absolute Gasteiger partial charge is 0.493 e. The van der Waals surface area contributed by atoms with Crippen LogP contribution in [-0.4, -0.2) is 17.9 Å². The van der Waals surface area contributed by atoms with Crippen molar-refractivity contribution in [2.75, 3.05) is 12.4 Å². The molecule has 0 unspecified atom stereocenters. The van der Waals surface area contributed by atoms with Gasteiger partial charge in [-0.2, -0.15) is 13.2 Å². The van der Waals surface area contributed by atoms with Crippen molar-refractivity contribution in [2.24, 2.45) is 0 Å². The summed E-state index contributed by atoms with van der Waals surface area (Å²) < 4.78 is 41.4. The van der Waals surface area contributed by atoms with Gasteiger partial charge in [-0.25, -0.2) is 0 Å². The van der Waals surface area contributed by atoms with Crippen LogP contribution in [0.1, 0.15) is 0 Å². The standard InChI is InChI=1S/C9H8F3IOS/c10-9(11,12)15-6-5-14-8-3-1-7(13)2-4-8/h1-4H,5-6H2. The van der Waals surface area contributed by atoms with E-state index >= 15 is 0 Å². The zero-order chi connectivity index (χ0) is 11.3. The van der Waals surface area contributed by atoms with E-state index in [4.69, 9.17) is 4.74 Å². The van der Waals surface area contributed by atoms with Crippen molar-refractivity contribution in [3.05, 3.63) is 27.8 Å². The first-order valence-corrected chi connectivity index (χ1v) is 6.13. The van der Waals surface area contributed by atoms with Crippen molar-refractivity contribution in [3.63, 3.8) is 0 Å². The lowest BCUT2D eigenvalue weighted by Crippen LogP contribution is -2.07. The van der Waals surface area contributed by atoms with Crippen LogP contribution in [0.2, 0.25) is 0 Å². The quantitative estimate of drug-likeness (QED) is 0.603. The van der Waals surface area contributed by atoms with Gasteiger partial charge in [0.25, 0.3) is 0 Å². The highest BCUT2D eigenvalue weighted by atomic mass is 127. The molecule has 1 aromatic carbocycles. The maximum absolute atomic E-state index is 11.7. The summed E-state index contributed by atoms with van der Waals surface area (Å²) in [4.78, 5) is 0. The second-order valence-corrected chi connectivity index (χ2v) is 5.00. The Labute approximate surface area is 104 Å². The van der Waals surface area contributed by atoms with Crippen molar-refractivity contribution in [2.45, 2.75) is 5.51 Å². The minimum Gasteiger partial charge on any atom is -0.493 e. The molecule has 84 valence electrons. The highest BCUT2D eigenvalue weighted by Gasteiger charge is 2.27. The fourth-order valence-corrected chi connectivity index (χ4v) is 1.61. The average Bonchev–Trinajstić information content (AvgIpc) is 2.14. The zero-order valence-electron chi connectivity index (χ0n) is 7.55. The van der Waals surface area contributed by atoms with Crippen molar-refractivity contribution >= 4 is 34.4 Å². The molecule has 0 radical (unpaired) electrons. The molecule has 6 heteroatoms. The molecule has 1 aromatic rings. The van der Waals surface area contributed by atoms with Crippen molar-refractivity contribution in [1.29, 1.82) is 0 Å². The summed E-state index contributed by atoms with van der Waals surface area (Å²) in [7, 11) is 0. The number of alkyl halides is 3. The van der Waals surface area contributed by atoms with E-state index in [-0.39, 0.29) is 24.1 Å². The topological polar surface area (TPSA) is 9.23 Å². The van der Waals surface area contributed by atoms with Gasteiger partial charge in [0.1, 0.15) is 5.75 Å². The van der Waals surface area contributed by atoms with Gasteiger partial charge in [-0.05, 0) is 58.6 Å². The normalized spacial score (nSPS) is 11.5. The maximum Gasteiger partial charge on any atom is 0.441 e. The Morgan fingerprint density at radius 2 is 1.80 bits per heavy atom. The lowest BCUT2D eigenvalue weighted by atomic mass is 10.3. The molecule has 0 aliphatic heterocycles. The summed E-state index contributed by atoms with van der Waals surface area (Å²) in [5.74, 6) is 0.508. The molecule has 1 rings (SSSR count). The van der Waals surface area contributed by atoms with Gasteiger partial charge in [0.2, 0.25) is 0 Å².